The van der Waals surface area contributed by atoms with Crippen LogP contribution in [0, 0.1) is 46.3 Å². The average Bonchev–Trinajstić information content (AvgIpc) is 3.03. The first-order chi connectivity index (χ1) is 8.92. The summed E-state index contributed by atoms with van der Waals surface area (Å²) in [6.07, 6.45) is 8.24. The van der Waals surface area contributed by atoms with Gasteiger partial charge in [0.2, 0.25) is 0 Å². The molecule has 0 heterocycles. The van der Waals surface area contributed by atoms with Gasteiger partial charge in [0, 0.05) is 0 Å². The Morgan fingerprint density at radius 2 is 2.05 bits per heavy atom. The van der Waals surface area contributed by atoms with Crippen LogP contribution < -0.4 is 0 Å². The summed E-state index contributed by atoms with van der Waals surface area (Å²) in [4.78, 5) is 11.8. The molecule has 0 aromatic carbocycles. The van der Waals surface area contributed by atoms with Crippen molar-refractivity contribution in [2.24, 2.45) is 46.3 Å². The number of fused-ring (bicyclic) bond motifs is 9. The molecule has 1 N–H and O–H groups in total. The minimum atomic E-state index is -0.552. The fraction of sp³-hybridized carbons (Fsp3) is 0.824. The van der Waals surface area contributed by atoms with Crippen molar-refractivity contribution in [3.8, 4) is 0 Å². The number of hydrogen-bond acceptors (Lipinski definition) is 1. The van der Waals surface area contributed by atoms with Crippen LogP contribution in [0.4, 0.5) is 0 Å². The van der Waals surface area contributed by atoms with E-state index in [2.05, 4.69) is 26.0 Å². The monoisotopic (exact) mass is 260 g/mol. The van der Waals surface area contributed by atoms with E-state index in [0.717, 1.165) is 12.3 Å². The van der Waals surface area contributed by atoms with Crippen LogP contribution >= 0.6 is 0 Å². The third kappa shape index (κ3) is 1.06. The lowest BCUT2D eigenvalue weighted by Crippen LogP contribution is -2.50. The molecule has 0 spiro atoms. The van der Waals surface area contributed by atoms with Crippen molar-refractivity contribution in [3.63, 3.8) is 0 Å². The summed E-state index contributed by atoms with van der Waals surface area (Å²) < 4.78 is 0. The average molecular weight is 260 g/mol. The third-order valence-corrected chi connectivity index (χ3v) is 7.45. The van der Waals surface area contributed by atoms with Crippen molar-refractivity contribution in [3.05, 3.63) is 12.2 Å². The molecule has 0 radical (unpaired) electrons. The van der Waals surface area contributed by atoms with Crippen molar-refractivity contribution < 1.29 is 9.90 Å². The smallest absolute Gasteiger partial charge is 0.309 e. The normalized spacial score (nSPS) is 57.2. The molecular weight excluding hydrogens is 236 g/mol. The van der Waals surface area contributed by atoms with Gasteiger partial charge in [-0.3, -0.25) is 4.79 Å². The summed E-state index contributed by atoms with van der Waals surface area (Å²) in [5, 5.41) is 9.69. The number of carbonyl (C=O) groups is 1. The van der Waals surface area contributed by atoms with Gasteiger partial charge in [-0.25, -0.2) is 0 Å². The number of rotatable bonds is 2. The molecule has 4 aliphatic rings. The van der Waals surface area contributed by atoms with Crippen molar-refractivity contribution in [1.82, 2.24) is 0 Å². The molecule has 7 atom stereocenters. The maximum absolute atomic E-state index is 11.8. The number of allylic oxidation sites excluding steroid dienone is 2. The molecule has 2 nitrogen and oxygen atoms in total. The maximum Gasteiger partial charge on any atom is 0.309 e. The van der Waals surface area contributed by atoms with Crippen LogP contribution in [0.3, 0.4) is 0 Å². The molecule has 104 valence electrons. The molecule has 4 bridgehead atoms. The lowest BCUT2D eigenvalue weighted by Gasteiger charge is -2.52. The van der Waals surface area contributed by atoms with Gasteiger partial charge in [-0.05, 0) is 67.1 Å². The Morgan fingerprint density at radius 3 is 2.68 bits per heavy atom. The van der Waals surface area contributed by atoms with Gasteiger partial charge in [0.15, 0.2) is 0 Å². The molecule has 19 heavy (non-hydrogen) atoms. The first-order valence-electron chi connectivity index (χ1n) is 7.84. The summed E-state index contributed by atoms with van der Waals surface area (Å²) in [7, 11) is 0. The van der Waals surface area contributed by atoms with Gasteiger partial charge in [0.1, 0.15) is 0 Å². The maximum atomic E-state index is 11.8. The second kappa shape index (κ2) is 3.27. The highest BCUT2D eigenvalue weighted by Gasteiger charge is 2.74. The van der Waals surface area contributed by atoms with E-state index in [1.165, 1.54) is 12.8 Å². The van der Waals surface area contributed by atoms with E-state index in [1.807, 2.05) is 6.92 Å². The van der Waals surface area contributed by atoms with E-state index in [-0.39, 0.29) is 0 Å². The molecule has 3 saturated carbocycles. The van der Waals surface area contributed by atoms with Gasteiger partial charge < -0.3 is 5.11 Å². The topological polar surface area (TPSA) is 37.3 Å². The van der Waals surface area contributed by atoms with Gasteiger partial charge in [0.25, 0.3) is 0 Å². The van der Waals surface area contributed by atoms with Crippen molar-refractivity contribution >= 4 is 5.97 Å². The van der Waals surface area contributed by atoms with Crippen LogP contribution in [0.15, 0.2) is 12.2 Å². The van der Waals surface area contributed by atoms with Gasteiger partial charge >= 0.3 is 5.97 Å². The molecule has 7 unspecified atom stereocenters. The Kier molecular flexibility index (Phi) is 2.06. The Bertz CT molecular complexity index is 480. The molecule has 0 aromatic heterocycles. The lowest BCUT2D eigenvalue weighted by atomic mass is 9.51. The highest BCUT2D eigenvalue weighted by Crippen LogP contribution is 2.78. The van der Waals surface area contributed by atoms with Gasteiger partial charge in [0.05, 0.1) is 5.41 Å². The van der Waals surface area contributed by atoms with Crippen LogP contribution in [0.2, 0.25) is 0 Å². The standard InChI is InChI=1S/C17H24O2/c1-9(2)17-11-5-4-10(6-11)14(17)13-7-12(17)8-16(13,3)15(18)19/h4-5,9-14H,6-8H2,1-3H3,(H,18,19). The fourth-order valence-electron chi connectivity index (χ4n) is 6.97. The predicted octanol–water partition coefficient (Wildman–Crippen LogP) is 3.58. The summed E-state index contributed by atoms with van der Waals surface area (Å²) in [6.45, 7) is 6.76. The molecule has 4 aliphatic carbocycles. The zero-order valence-electron chi connectivity index (χ0n) is 12.1. The van der Waals surface area contributed by atoms with Gasteiger partial charge in [-0.1, -0.05) is 26.0 Å². The van der Waals surface area contributed by atoms with Crippen molar-refractivity contribution in [2.75, 3.05) is 0 Å². The molecule has 0 aliphatic heterocycles. The second-order valence-electron chi connectivity index (χ2n) is 8.04. The molecule has 0 aromatic rings. The second-order valence-corrected chi connectivity index (χ2v) is 8.04. The molecule has 3 fully saturated rings. The first kappa shape index (κ1) is 12.0. The fourth-order valence-corrected chi connectivity index (χ4v) is 6.97. The molecule has 0 amide bonds. The number of carboxylic acids is 1. The van der Waals surface area contributed by atoms with Crippen molar-refractivity contribution in [2.45, 2.75) is 40.0 Å². The summed E-state index contributed by atoms with van der Waals surface area (Å²) in [5.41, 5.74) is -0.0227. The molecular formula is C17H24O2. The van der Waals surface area contributed by atoms with Crippen LogP contribution in [-0.2, 0) is 4.79 Å². The van der Waals surface area contributed by atoms with E-state index in [0.29, 0.717) is 35.0 Å². The van der Waals surface area contributed by atoms with Gasteiger partial charge in [-0.15, -0.1) is 0 Å². The van der Waals surface area contributed by atoms with Crippen molar-refractivity contribution in [1.29, 1.82) is 0 Å². The Labute approximate surface area is 115 Å². The van der Waals surface area contributed by atoms with Crippen LogP contribution in [0.1, 0.15) is 40.0 Å². The van der Waals surface area contributed by atoms with Crippen LogP contribution in [0.25, 0.3) is 0 Å². The molecule has 4 rings (SSSR count). The third-order valence-electron chi connectivity index (χ3n) is 7.45. The summed E-state index contributed by atoms with van der Waals surface area (Å²) in [6, 6.07) is 0. The Hall–Kier alpha value is -0.790. The number of aliphatic carboxylic acids is 1. The minimum absolute atomic E-state index is 0.414. The lowest BCUT2D eigenvalue weighted by molar-refractivity contribution is -0.157. The summed E-state index contributed by atoms with van der Waals surface area (Å²) >= 11 is 0. The minimum Gasteiger partial charge on any atom is -0.481 e. The molecule has 2 heteroatoms. The number of hydrogen-bond donors (Lipinski definition) is 1. The van der Waals surface area contributed by atoms with E-state index < -0.39 is 11.4 Å². The van der Waals surface area contributed by atoms with Crippen LogP contribution in [0.5, 0.6) is 0 Å². The van der Waals surface area contributed by atoms with E-state index in [1.54, 1.807) is 0 Å². The molecule has 0 saturated heterocycles. The SMILES string of the molecule is CC(C)C12C3C=CC(C3)C1C1CC2CC1(C)C(=O)O. The largest absolute Gasteiger partial charge is 0.481 e. The summed E-state index contributed by atoms with van der Waals surface area (Å²) in [5.74, 6) is 3.23. The number of carboxylic acid groups (broad SMARTS) is 1. The quantitative estimate of drug-likeness (QED) is 0.608. The zero-order valence-corrected chi connectivity index (χ0v) is 12.1. The van der Waals surface area contributed by atoms with E-state index >= 15 is 0 Å². The first-order valence-corrected chi connectivity index (χ1v) is 7.84. The van der Waals surface area contributed by atoms with E-state index in [4.69, 9.17) is 0 Å². The highest BCUT2D eigenvalue weighted by molar-refractivity contribution is 5.75. The predicted molar refractivity (Wildman–Crippen MR) is 73.5 cm³/mol. The Balaban J connectivity index is 1.84. The zero-order chi connectivity index (χ0) is 13.6. The van der Waals surface area contributed by atoms with Gasteiger partial charge in [-0.2, -0.15) is 0 Å². The van der Waals surface area contributed by atoms with E-state index in [9.17, 15) is 9.90 Å². The Morgan fingerprint density at radius 1 is 1.32 bits per heavy atom. The highest BCUT2D eigenvalue weighted by atomic mass is 16.4. The van der Waals surface area contributed by atoms with Crippen LogP contribution in [-0.4, -0.2) is 11.1 Å².